The van der Waals surface area contributed by atoms with Crippen molar-refractivity contribution in [2.75, 3.05) is 11.9 Å². The Kier molecular flexibility index (Phi) is 6.47. The fourth-order valence-electron chi connectivity index (χ4n) is 2.57. The largest absolute Gasteiger partial charge is 0.493 e. The Balaban J connectivity index is 1.53. The summed E-state index contributed by atoms with van der Waals surface area (Å²) in [7, 11) is 0. The van der Waals surface area contributed by atoms with E-state index in [-0.39, 0.29) is 12.3 Å². The van der Waals surface area contributed by atoms with E-state index in [9.17, 15) is 4.79 Å². The summed E-state index contributed by atoms with van der Waals surface area (Å²) in [5.74, 6) is 1.98. The van der Waals surface area contributed by atoms with Gasteiger partial charge >= 0.3 is 0 Å². The van der Waals surface area contributed by atoms with Crippen LogP contribution in [0.5, 0.6) is 17.2 Å². The molecule has 4 heteroatoms. The highest BCUT2D eigenvalue weighted by Crippen LogP contribution is 2.29. The lowest BCUT2D eigenvalue weighted by atomic mass is 10.2. The van der Waals surface area contributed by atoms with E-state index < -0.39 is 0 Å². The number of aryl methyl sites for hydroxylation is 1. The Hall–Kier alpha value is -3.27. The molecule has 3 aromatic rings. The van der Waals surface area contributed by atoms with E-state index in [1.807, 2.05) is 78.9 Å². The van der Waals surface area contributed by atoms with E-state index in [0.29, 0.717) is 18.0 Å². The van der Waals surface area contributed by atoms with Gasteiger partial charge in [-0.1, -0.05) is 49.4 Å². The van der Waals surface area contributed by atoms with E-state index in [4.69, 9.17) is 9.47 Å². The second-order valence-corrected chi connectivity index (χ2v) is 6.06. The van der Waals surface area contributed by atoms with Gasteiger partial charge in [0.15, 0.2) is 5.75 Å². The lowest BCUT2D eigenvalue weighted by molar-refractivity contribution is -0.116. The van der Waals surface area contributed by atoms with Crippen molar-refractivity contribution in [3.8, 4) is 17.2 Å². The number of ether oxygens (including phenoxy) is 2. The maximum absolute atomic E-state index is 12.3. The number of rotatable bonds is 8. The van der Waals surface area contributed by atoms with Gasteiger partial charge in [-0.3, -0.25) is 4.79 Å². The van der Waals surface area contributed by atoms with Crippen molar-refractivity contribution in [3.63, 3.8) is 0 Å². The van der Waals surface area contributed by atoms with Crippen molar-refractivity contribution < 1.29 is 14.3 Å². The van der Waals surface area contributed by atoms with Crippen LogP contribution in [0.25, 0.3) is 0 Å². The summed E-state index contributed by atoms with van der Waals surface area (Å²) in [5, 5.41) is 2.89. The molecule has 0 heterocycles. The fraction of sp³-hybridized carbons (Fsp3) is 0.174. The molecule has 3 aromatic carbocycles. The third kappa shape index (κ3) is 5.61. The standard InChI is InChI=1S/C23H23NO3/c1-2-18-12-14-19(15-13-18)26-17-16-23(25)24-21-10-6-7-11-22(21)27-20-8-4-3-5-9-20/h3-15H,2,16-17H2,1H3,(H,24,25). The number of amides is 1. The highest BCUT2D eigenvalue weighted by Gasteiger charge is 2.09. The van der Waals surface area contributed by atoms with Gasteiger partial charge < -0.3 is 14.8 Å². The van der Waals surface area contributed by atoms with Crippen LogP contribution in [0.4, 0.5) is 5.69 Å². The number of carbonyl (C=O) groups is 1. The number of nitrogens with one attached hydrogen (secondary N) is 1. The maximum Gasteiger partial charge on any atom is 0.227 e. The smallest absolute Gasteiger partial charge is 0.227 e. The van der Waals surface area contributed by atoms with Crippen LogP contribution in [-0.4, -0.2) is 12.5 Å². The molecule has 0 aliphatic heterocycles. The molecule has 0 saturated carbocycles. The van der Waals surface area contributed by atoms with Crippen molar-refractivity contribution in [2.24, 2.45) is 0 Å². The molecular formula is C23H23NO3. The van der Waals surface area contributed by atoms with Crippen LogP contribution >= 0.6 is 0 Å². The normalized spacial score (nSPS) is 10.3. The van der Waals surface area contributed by atoms with Gasteiger partial charge in [0.05, 0.1) is 18.7 Å². The second kappa shape index (κ2) is 9.43. The van der Waals surface area contributed by atoms with Crippen LogP contribution in [0.3, 0.4) is 0 Å². The van der Waals surface area contributed by atoms with E-state index in [2.05, 4.69) is 12.2 Å². The van der Waals surface area contributed by atoms with Crippen molar-refractivity contribution >= 4 is 11.6 Å². The Bertz CT molecular complexity index is 860. The fourth-order valence-corrected chi connectivity index (χ4v) is 2.57. The zero-order valence-corrected chi connectivity index (χ0v) is 15.4. The minimum absolute atomic E-state index is 0.121. The van der Waals surface area contributed by atoms with E-state index >= 15 is 0 Å². The Morgan fingerprint density at radius 3 is 2.30 bits per heavy atom. The summed E-state index contributed by atoms with van der Waals surface area (Å²) in [6, 6.07) is 24.8. The molecule has 1 N–H and O–H groups in total. The minimum atomic E-state index is -0.121. The molecule has 0 fully saturated rings. The minimum Gasteiger partial charge on any atom is -0.493 e. The molecule has 0 spiro atoms. The third-order valence-corrected chi connectivity index (χ3v) is 4.06. The first kappa shape index (κ1) is 18.5. The molecule has 0 unspecified atom stereocenters. The van der Waals surface area contributed by atoms with Crippen LogP contribution in [0, 0.1) is 0 Å². The van der Waals surface area contributed by atoms with Crippen molar-refractivity contribution in [2.45, 2.75) is 19.8 Å². The lowest BCUT2D eigenvalue weighted by Crippen LogP contribution is -2.15. The van der Waals surface area contributed by atoms with E-state index in [0.717, 1.165) is 17.9 Å². The van der Waals surface area contributed by atoms with Crippen molar-refractivity contribution in [1.82, 2.24) is 0 Å². The molecule has 0 aromatic heterocycles. The van der Waals surface area contributed by atoms with Gasteiger partial charge in [0, 0.05) is 0 Å². The Morgan fingerprint density at radius 1 is 0.852 bits per heavy atom. The van der Waals surface area contributed by atoms with Crippen molar-refractivity contribution in [1.29, 1.82) is 0 Å². The molecule has 4 nitrogen and oxygen atoms in total. The first-order valence-corrected chi connectivity index (χ1v) is 9.08. The predicted molar refractivity (Wildman–Crippen MR) is 108 cm³/mol. The average Bonchev–Trinajstić information content (AvgIpc) is 2.71. The third-order valence-electron chi connectivity index (χ3n) is 4.06. The molecule has 27 heavy (non-hydrogen) atoms. The van der Waals surface area contributed by atoms with Gasteiger partial charge in [-0.2, -0.15) is 0 Å². The molecule has 0 aliphatic rings. The summed E-state index contributed by atoms with van der Waals surface area (Å²) >= 11 is 0. The van der Waals surface area contributed by atoms with Crippen LogP contribution < -0.4 is 14.8 Å². The first-order chi connectivity index (χ1) is 13.2. The lowest BCUT2D eigenvalue weighted by Gasteiger charge is -2.12. The maximum atomic E-state index is 12.3. The number of para-hydroxylation sites is 3. The SMILES string of the molecule is CCc1ccc(OCCC(=O)Nc2ccccc2Oc2ccccc2)cc1. The average molecular weight is 361 g/mol. The zero-order chi connectivity index (χ0) is 18.9. The Labute approximate surface area is 159 Å². The monoisotopic (exact) mass is 361 g/mol. The van der Waals surface area contributed by atoms with Crippen LogP contribution in [0.2, 0.25) is 0 Å². The number of carbonyl (C=O) groups excluding carboxylic acids is 1. The van der Waals surface area contributed by atoms with Gasteiger partial charge in [-0.05, 0) is 48.4 Å². The van der Waals surface area contributed by atoms with Crippen LogP contribution in [0.15, 0.2) is 78.9 Å². The number of hydrogen-bond acceptors (Lipinski definition) is 3. The summed E-state index contributed by atoms with van der Waals surface area (Å²) in [6.45, 7) is 2.43. The van der Waals surface area contributed by atoms with Gasteiger partial charge in [0.1, 0.15) is 11.5 Å². The second-order valence-electron chi connectivity index (χ2n) is 6.06. The van der Waals surface area contributed by atoms with Crippen LogP contribution in [0.1, 0.15) is 18.9 Å². The van der Waals surface area contributed by atoms with Gasteiger partial charge in [-0.15, -0.1) is 0 Å². The molecule has 0 atom stereocenters. The molecule has 0 aliphatic carbocycles. The molecule has 1 amide bonds. The highest BCUT2D eigenvalue weighted by atomic mass is 16.5. The molecule has 0 bridgehead atoms. The first-order valence-electron chi connectivity index (χ1n) is 9.08. The predicted octanol–water partition coefficient (Wildman–Crippen LogP) is 5.45. The van der Waals surface area contributed by atoms with Crippen LogP contribution in [-0.2, 0) is 11.2 Å². The van der Waals surface area contributed by atoms with Gasteiger partial charge in [0.25, 0.3) is 0 Å². The summed E-state index contributed by atoms with van der Waals surface area (Å²) in [4.78, 5) is 12.3. The van der Waals surface area contributed by atoms with Gasteiger partial charge in [0.2, 0.25) is 5.91 Å². The van der Waals surface area contributed by atoms with Gasteiger partial charge in [-0.25, -0.2) is 0 Å². The van der Waals surface area contributed by atoms with Crippen molar-refractivity contribution in [3.05, 3.63) is 84.4 Å². The molecule has 138 valence electrons. The summed E-state index contributed by atoms with van der Waals surface area (Å²) in [5.41, 5.74) is 1.90. The molecular weight excluding hydrogens is 338 g/mol. The number of benzene rings is 3. The van der Waals surface area contributed by atoms with E-state index in [1.165, 1.54) is 5.56 Å². The number of hydrogen-bond donors (Lipinski definition) is 1. The zero-order valence-electron chi connectivity index (χ0n) is 15.4. The molecule has 0 saturated heterocycles. The molecule has 0 radical (unpaired) electrons. The quantitative estimate of drug-likeness (QED) is 0.580. The van der Waals surface area contributed by atoms with E-state index in [1.54, 1.807) is 0 Å². The Morgan fingerprint density at radius 2 is 1.56 bits per heavy atom. The topological polar surface area (TPSA) is 47.6 Å². The highest BCUT2D eigenvalue weighted by molar-refractivity contribution is 5.92. The molecule has 3 rings (SSSR count). The number of anilines is 1. The summed E-state index contributed by atoms with van der Waals surface area (Å²) < 4.78 is 11.5. The summed E-state index contributed by atoms with van der Waals surface area (Å²) in [6.07, 6.45) is 1.25.